The predicted molar refractivity (Wildman–Crippen MR) is 82.3 cm³/mol. The van der Waals surface area contributed by atoms with Gasteiger partial charge >= 0.3 is 0 Å². The van der Waals surface area contributed by atoms with Crippen molar-refractivity contribution in [3.05, 3.63) is 78.0 Å². The Hall–Kier alpha value is -2.39. The molecule has 2 aromatic carbocycles. The van der Waals surface area contributed by atoms with Gasteiger partial charge in [-0.3, -0.25) is 4.79 Å². The van der Waals surface area contributed by atoms with Gasteiger partial charge in [0.2, 0.25) is 0 Å². The number of hydrogen-bond acceptors (Lipinski definition) is 2. The van der Waals surface area contributed by atoms with E-state index in [-0.39, 0.29) is 18.1 Å². The summed E-state index contributed by atoms with van der Waals surface area (Å²) in [6.45, 7) is 0. The molecule has 0 N–H and O–H groups in total. The number of ether oxygens (including phenoxy) is 1. The lowest BCUT2D eigenvalue weighted by atomic mass is 10.1. The average molecular weight is 279 g/mol. The van der Waals surface area contributed by atoms with Gasteiger partial charge in [-0.2, -0.15) is 0 Å². The Labute approximate surface area is 124 Å². The minimum absolute atomic E-state index is 0.0176. The molecule has 106 valence electrons. The second-order valence-electron chi connectivity index (χ2n) is 5.06. The molecule has 3 nitrogen and oxygen atoms in total. The van der Waals surface area contributed by atoms with Gasteiger partial charge in [-0.05, 0) is 17.2 Å². The minimum Gasteiger partial charge on any atom is -0.354 e. The van der Waals surface area contributed by atoms with Crippen molar-refractivity contribution in [2.75, 3.05) is 7.05 Å². The summed E-state index contributed by atoms with van der Waals surface area (Å²) in [6.07, 6.45) is 3.23. The van der Waals surface area contributed by atoms with Gasteiger partial charge in [0, 0.05) is 13.2 Å². The second kappa shape index (κ2) is 5.94. The minimum atomic E-state index is -0.363. The van der Waals surface area contributed by atoms with E-state index in [2.05, 4.69) is 0 Å². The van der Waals surface area contributed by atoms with Crippen molar-refractivity contribution >= 4 is 12.0 Å². The van der Waals surface area contributed by atoms with Crippen LogP contribution < -0.4 is 0 Å². The van der Waals surface area contributed by atoms with E-state index in [0.29, 0.717) is 0 Å². The highest BCUT2D eigenvalue weighted by atomic mass is 16.6. The number of carbonyl (C=O) groups is 1. The lowest BCUT2D eigenvalue weighted by Gasteiger charge is -2.10. The molecule has 1 heterocycles. The van der Waals surface area contributed by atoms with Crippen LogP contribution in [-0.4, -0.2) is 24.0 Å². The number of hydrogen-bond donors (Lipinski definition) is 0. The van der Waals surface area contributed by atoms with Gasteiger partial charge in [-0.15, -0.1) is 0 Å². The molecule has 1 aliphatic heterocycles. The third kappa shape index (κ3) is 3.20. The van der Waals surface area contributed by atoms with Crippen LogP contribution in [0.4, 0.5) is 0 Å². The van der Waals surface area contributed by atoms with E-state index in [4.69, 9.17) is 4.74 Å². The SMILES string of the molecule is CN(/C=C/c1ccccc1)C(=O)[C@@H]1O[C@@H]1c1ccccc1. The lowest BCUT2D eigenvalue weighted by Crippen LogP contribution is -2.26. The Bertz CT molecular complexity index is 637. The van der Waals surface area contributed by atoms with Crippen molar-refractivity contribution in [2.24, 2.45) is 0 Å². The van der Waals surface area contributed by atoms with Crippen LogP contribution in [-0.2, 0) is 9.53 Å². The molecule has 0 unspecified atom stereocenters. The Kier molecular flexibility index (Phi) is 3.84. The van der Waals surface area contributed by atoms with Crippen LogP contribution in [0.15, 0.2) is 66.9 Å². The quantitative estimate of drug-likeness (QED) is 0.805. The zero-order valence-corrected chi connectivity index (χ0v) is 11.8. The van der Waals surface area contributed by atoms with Crippen LogP contribution in [0.2, 0.25) is 0 Å². The summed E-state index contributed by atoms with van der Waals surface area (Å²) >= 11 is 0. The van der Waals surface area contributed by atoms with Crippen molar-refractivity contribution in [3.63, 3.8) is 0 Å². The van der Waals surface area contributed by atoms with Crippen molar-refractivity contribution in [2.45, 2.75) is 12.2 Å². The number of nitrogens with zero attached hydrogens (tertiary/aromatic N) is 1. The van der Waals surface area contributed by atoms with Gasteiger partial charge in [-0.25, -0.2) is 0 Å². The third-order valence-corrected chi connectivity index (χ3v) is 3.50. The number of epoxide rings is 1. The van der Waals surface area contributed by atoms with E-state index in [1.807, 2.05) is 66.7 Å². The molecular weight excluding hydrogens is 262 g/mol. The van der Waals surface area contributed by atoms with E-state index in [9.17, 15) is 4.79 Å². The Balaban J connectivity index is 1.60. The fourth-order valence-corrected chi connectivity index (χ4v) is 2.23. The molecule has 1 saturated heterocycles. The van der Waals surface area contributed by atoms with Gasteiger partial charge in [-0.1, -0.05) is 60.7 Å². The van der Waals surface area contributed by atoms with Gasteiger partial charge < -0.3 is 9.64 Å². The maximum atomic E-state index is 12.3. The fourth-order valence-electron chi connectivity index (χ4n) is 2.23. The fraction of sp³-hybridized carbons (Fsp3) is 0.167. The van der Waals surface area contributed by atoms with Crippen LogP contribution in [0.3, 0.4) is 0 Å². The van der Waals surface area contributed by atoms with E-state index in [1.54, 1.807) is 18.1 Å². The Morgan fingerprint density at radius 3 is 2.33 bits per heavy atom. The van der Waals surface area contributed by atoms with Gasteiger partial charge in [0.25, 0.3) is 5.91 Å². The first-order chi connectivity index (χ1) is 10.3. The monoisotopic (exact) mass is 279 g/mol. The lowest BCUT2D eigenvalue weighted by molar-refractivity contribution is -0.128. The van der Waals surface area contributed by atoms with E-state index in [0.717, 1.165) is 11.1 Å². The highest BCUT2D eigenvalue weighted by Crippen LogP contribution is 2.39. The molecule has 2 atom stereocenters. The highest BCUT2D eigenvalue weighted by Gasteiger charge is 2.46. The molecule has 0 spiro atoms. The number of amides is 1. The third-order valence-electron chi connectivity index (χ3n) is 3.50. The van der Waals surface area contributed by atoms with Gasteiger partial charge in [0.05, 0.1) is 0 Å². The van der Waals surface area contributed by atoms with Crippen molar-refractivity contribution in [1.82, 2.24) is 4.90 Å². The molecule has 1 amide bonds. The van der Waals surface area contributed by atoms with Gasteiger partial charge in [0.1, 0.15) is 6.10 Å². The Morgan fingerprint density at radius 2 is 1.67 bits per heavy atom. The maximum absolute atomic E-state index is 12.3. The van der Waals surface area contributed by atoms with Crippen LogP contribution in [0, 0.1) is 0 Å². The summed E-state index contributed by atoms with van der Waals surface area (Å²) in [5.74, 6) is -0.0176. The summed E-state index contributed by atoms with van der Waals surface area (Å²) in [4.78, 5) is 13.8. The predicted octanol–water partition coefficient (Wildman–Crippen LogP) is 3.26. The largest absolute Gasteiger partial charge is 0.354 e. The zero-order valence-electron chi connectivity index (χ0n) is 11.8. The van der Waals surface area contributed by atoms with Gasteiger partial charge in [0.15, 0.2) is 6.10 Å². The average Bonchev–Trinajstić information content (AvgIpc) is 3.34. The molecule has 1 aliphatic rings. The van der Waals surface area contributed by atoms with E-state index in [1.165, 1.54) is 0 Å². The maximum Gasteiger partial charge on any atom is 0.258 e. The summed E-state index contributed by atoms with van der Waals surface area (Å²) < 4.78 is 5.51. The molecule has 1 fully saturated rings. The summed E-state index contributed by atoms with van der Waals surface area (Å²) in [6, 6.07) is 19.7. The molecule has 21 heavy (non-hydrogen) atoms. The van der Waals surface area contributed by atoms with Crippen LogP contribution >= 0.6 is 0 Å². The molecule has 0 radical (unpaired) electrons. The van der Waals surface area contributed by atoms with Crippen LogP contribution in [0.5, 0.6) is 0 Å². The van der Waals surface area contributed by atoms with Crippen LogP contribution in [0.1, 0.15) is 17.2 Å². The smallest absolute Gasteiger partial charge is 0.258 e. The van der Waals surface area contributed by atoms with Crippen LogP contribution in [0.25, 0.3) is 6.08 Å². The molecule has 0 saturated carbocycles. The van der Waals surface area contributed by atoms with E-state index < -0.39 is 0 Å². The summed E-state index contributed by atoms with van der Waals surface area (Å²) in [5, 5.41) is 0. The second-order valence-corrected chi connectivity index (χ2v) is 5.06. The number of benzene rings is 2. The highest BCUT2D eigenvalue weighted by molar-refractivity contribution is 5.85. The number of carbonyl (C=O) groups excluding carboxylic acids is 1. The first-order valence-corrected chi connectivity index (χ1v) is 6.96. The Morgan fingerprint density at radius 1 is 1.05 bits per heavy atom. The van der Waals surface area contributed by atoms with Crippen molar-refractivity contribution in [3.8, 4) is 0 Å². The molecule has 2 aromatic rings. The van der Waals surface area contributed by atoms with Crippen molar-refractivity contribution in [1.29, 1.82) is 0 Å². The summed E-state index contributed by atoms with van der Waals surface area (Å²) in [7, 11) is 1.76. The van der Waals surface area contributed by atoms with E-state index >= 15 is 0 Å². The molecular formula is C18H17NO2. The first-order valence-electron chi connectivity index (χ1n) is 6.96. The van der Waals surface area contributed by atoms with Crippen molar-refractivity contribution < 1.29 is 9.53 Å². The topological polar surface area (TPSA) is 32.8 Å². The molecule has 0 aliphatic carbocycles. The number of likely N-dealkylation sites (N-methyl/N-ethyl adjacent to an activating group) is 1. The zero-order chi connectivity index (χ0) is 14.7. The molecule has 3 heteroatoms. The first kappa shape index (κ1) is 13.6. The standard InChI is InChI=1S/C18H17NO2/c1-19(13-12-14-8-4-2-5-9-14)18(20)17-16(21-17)15-10-6-3-7-11-15/h2-13,16-17H,1H3/b13-12+/t16-,17-/m1/s1. The molecule has 3 rings (SSSR count). The summed E-state index contributed by atoms with van der Waals surface area (Å²) in [5.41, 5.74) is 2.12. The normalized spacial score (nSPS) is 20.4. The molecule has 0 bridgehead atoms. The number of rotatable bonds is 4. The molecule has 0 aromatic heterocycles.